The van der Waals surface area contributed by atoms with Crippen molar-refractivity contribution in [1.29, 1.82) is 0 Å². The number of carbonyl (C=O) groups excluding carboxylic acids is 1. The van der Waals surface area contributed by atoms with Crippen LogP contribution in [0.5, 0.6) is 0 Å². The lowest BCUT2D eigenvalue weighted by Gasteiger charge is -2.25. The monoisotopic (exact) mass is 375 g/mol. The van der Waals surface area contributed by atoms with Crippen LogP contribution in [0.15, 0.2) is 41.4 Å². The molecule has 0 unspecified atom stereocenters. The van der Waals surface area contributed by atoms with Gasteiger partial charge in [-0.05, 0) is 52.3 Å². The summed E-state index contributed by atoms with van der Waals surface area (Å²) in [6.07, 6.45) is 0. The molecular formula is C21H29NO5. The van der Waals surface area contributed by atoms with Crippen molar-refractivity contribution in [2.45, 2.75) is 40.2 Å². The first-order valence-electron chi connectivity index (χ1n) is 9.13. The Labute approximate surface area is 160 Å². The largest absolute Gasteiger partial charge is 0.507 e. The Bertz CT molecular complexity index is 741. The molecule has 148 valence electrons. The minimum absolute atomic E-state index is 0.0633. The van der Waals surface area contributed by atoms with Gasteiger partial charge in [0.05, 0.1) is 12.2 Å². The molecule has 0 aromatic heterocycles. The fraction of sp³-hybridized carbons (Fsp3) is 0.476. The lowest BCUT2D eigenvalue weighted by molar-refractivity contribution is -0.160. The number of nitrogens with zero attached hydrogens (tertiary/aromatic N) is 1. The molecule has 2 N–H and O–H groups in total. The first kappa shape index (κ1) is 20.8. The molecule has 0 radical (unpaired) electrons. The van der Waals surface area contributed by atoms with Gasteiger partial charge in [-0.1, -0.05) is 12.1 Å². The standard InChI is InChI=1S/C21H29NO5/c1-6-22(11-12-26-13-17(23)27-21(3,4)5)16-9-7-15(8-10-16)18-19(24)14(2)20(18)25/h7-10,24-25H,6,11-13H2,1-5H3. The molecule has 2 rings (SSSR count). The molecule has 0 amide bonds. The summed E-state index contributed by atoms with van der Waals surface area (Å²) in [5.74, 6) is -0.0853. The number of allylic oxidation sites excluding steroid dienone is 2. The van der Waals surface area contributed by atoms with Crippen LogP contribution < -0.4 is 4.90 Å². The van der Waals surface area contributed by atoms with Crippen molar-refractivity contribution in [2.75, 3.05) is 31.2 Å². The van der Waals surface area contributed by atoms with E-state index in [1.807, 2.05) is 52.0 Å². The number of rotatable bonds is 8. The van der Waals surface area contributed by atoms with Crippen molar-refractivity contribution in [3.05, 3.63) is 46.9 Å². The molecule has 0 atom stereocenters. The summed E-state index contributed by atoms with van der Waals surface area (Å²) in [6, 6.07) is 7.61. The Morgan fingerprint density at radius 2 is 1.74 bits per heavy atom. The molecular weight excluding hydrogens is 346 g/mol. The van der Waals surface area contributed by atoms with Gasteiger partial charge >= 0.3 is 5.97 Å². The molecule has 1 aliphatic rings. The van der Waals surface area contributed by atoms with E-state index in [4.69, 9.17) is 9.47 Å². The Morgan fingerprint density at radius 1 is 1.11 bits per heavy atom. The number of hydrogen-bond donors (Lipinski definition) is 2. The molecule has 1 aromatic carbocycles. The average molecular weight is 375 g/mol. The summed E-state index contributed by atoms with van der Waals surface area (Å²) in [4.78, 5) is 13.8. The van der Waals surface area contributed by atoms with E-state index in [-0.39, 0.29) is 24.1 Å². The summed E-state index contributed by atoms with van der Waals surface area (Å²) in [7, 11) is 0. The third-order valence-electron chi connectivity index (χ3n) is 4.23. The molecule has 0 spiro atoms. The topological polar surface area (TPSA) is 79.2 Å². The number of aliphatic hydroxyl groups is 2. The van der Waals surface area contributed by atoms with Gasteiger partial charge in [0.25, 0.3) is 0 Å². The first-order chi connectivity index (χ1) is 12.6. The highest BCUT2D eigenvalue weighted by Gasteiger charge is 2.26. The average Bonchev–Trinajstić information content (AvgIpc) is 2.61. The Balaban J connectivity index is 1.86. The van der Waals surface area contributed by atoms with Gasteiger partial charge in [0, 0.05) is 24.4 Å². The van der Waals surface area contributed by atoms with Crippen molar-refractivity contribution in [3.8, 4) is 0 Å². The van der Waals surface area contributed by atoms with Gasteiger partial charge in [0.2, 0.25) is 0 Å². The highest BCUT2D eigenvalue weighted by molar-refractivity contribution is 5.89. The van der Waals surface area contributed by atoms with Crippen LogP contribution in [0.2, 0.25) is 0 Å². The van der Waals surface area contributed by atoms with Crippen LogP contribution in [0.25, 0.3) is 5.57 Å². The first-order valence-corrected chi connectivity index (χ1v) is 9.13. The van der Waals surface area contributed by atoms with Crippen LogP contribution >= 0.6 is 0 Å². The lowest BCUT2D eigenvalue weighted by atomic mass is 9.89. The van der Waals surface area contributed by atoms with E-state index in [2.05, 4.69) is 4.90 Å². The van der Waals surface area contributed by atoms with Crippen molar-refractivity contribution in [1.82, 2.24) is 0 Å². The minimum atomic E-state index is -0.510. The smallest absolute Gasteiger partial charge is 0.332 e. The second kappa shape index (κ2) is 8.48. The third kappa shape index (κ3) is 5.26. The molecule has 1 aromatic rings. The lowest BCUT2D eigenvalue weighted by Crippen LogP contribution is -2.30. The van der Waals surface area contributed by atoms with Gasteiger partial charge in [-0.15, -0.1) is 0 Å². The summed E-state index contributed by atoms with van der Waals surface area (Å²) in [6.45, 7) is 11.0. The van der Waals surface area contributed by atoms with Crippen LogP contribution in [0, 0.1) is 0 Å². The second-order valence-electron chi connectivity index (χ2n) is 7.46. The number of carbonyl (C=O) groups is 1. The molecule has 0 saturated carbocycles. The summed E-state index contributed by atoms with van der Waals surface area (Å²) in [5, 5.41) is 19.8. The molecule has 6 nitrogen and oxygen atoms in total. The van der Waals surface area contributed by atoms with Crippen LogP contribution in [0.1, 0.15) is 40.2 Å². The maximum Gasteiger partial charge on any atom is 0.332 e. The fourth-order valence-electron chi connectivity index (χ4n) is 2.82. The predicted octanol–water partition coefficient (Wildman–Crippen LogP) is 3.99. The highest BCUT2D eigenvalue weighted by Crippen LogP contribution is 2.38. The van der Waals surface area contributed by atoms with Crippen molar-refractivity contribution < 1.29 is 24.5 Å². The maximum absolute atomic E-state index is 11.6. The van der Waals surface area contributed by atoms with E-state index in [0.29, 0.717) is 24.3 Å². The third-order valence-corrected chi connectivity index (χ3v) is 4.23. The van der Waals surface area contributed by atoms with Crippen LogP contribution in [-0.2, 0) is 14.3 Å². The molecule has 1 aliphatic carbocycles. The van der Waals surface area contributed by atoms with E-state index in [9.17, 15) is 15.0 Å². The molecule has 0 aliphatic heterocycles. The minimum Gasteiger partial charge on any atom is -0.507 e. The van der Waals surface area contributed by atoms with Crippen LogP contribution in [-0.4, -0.2) is 48.1 Å². The van der Waals surface area contributed by atoms with Gasteiger partial charge < -0.3 is 24.6 Å². The van der Waals surface area contributed by atoms with Crippen molar-refractivity contribution >= 4 is 17.2 Å². The number of anilines is 1. The molecule has 27 heavy (non-hydrogen) atoms. The number of likely N-dealkylation sites (N-methyl/N-ethyl adjacent to an activating group) is 1. The Morgan fingerprint density at radius 3 is 2.26 bits per heavy atom. The van der Waals surface area contributed by atoms with Crippen molar-refractivity contribution in [2.24, 2.45) is 0 Å². The van der Waals surface area contributed by atoms with E-state index >= 15 is 0 Å². The van der Waals surface area contributed by atoms with E-state index in [1.165, 1.54) is 0 Å². The quantitative estimate of drug-likeness (QED) is 0.528. The predicted molar refractivity (Wildman–Crippen MR) is 106 cm³/mol. The van der Waals surface area contributed by atoms with Gasteiger partial charge in [0.15, 0.2) is 0 Å². The van der Waals surface area contributed by atoms with Gasteiger partial charge in [-0.25, -0.2) is 4.79 Å². The van der Waals surface area contributed by atoms with E-state index in [0.717, 1.165) is 17.8 Å². The Hall–Kier alpha value is -2.47. The van der Waals surface area contributed by atoms with Crippen molar-refractivity contribution in [3.63, 3.8) is 0 Å². The Kier molecular flexibility index (Phi) is 6.54. The van der Waals surface area contributed by atoms with Gasteiger partial charge in [-0.2, -0.15) is 0 Å². The number of aliphatic hydroxyl groups excluding tert-OH is 2. The zero-order valence-corrected chi connectivity index (χ0v) is 16.7. The molecule has 0 bridgehead atoms. The van der Waals surface area contributed by atoms with Gasteiger partial charge in [0.1, 0.15) is 23.7 Å². The zero-order chi connectivity index (χ0) is 20.2. The summed E-state index contributed by atoms with van der Waals surface area (Å²) >= 11 is 0. The maximum atomic E-state index is 11.6. The number of hydrogen-bond acceptors (Lipinski definition) is 6. The zero-order valence-electron chi connectivity index (χ0n) is 16.7. The number of esters is 1. The highest BCUT2D eigenvalue weighted by atomic mass is 16.6. The normalized spacial score (nSPS) is 14.3. The summed E-state index contributed by atoms with van der Waals surface area (Å²) < 4.78 is 10.6. The number of ether oxygens (including phenoxy) is 2. The van der Waals surface area contributed by atoms with Gasteiger partial charge in [-0.3, -0.25) is 0 Å². The molecule has 0 fully saturated rings. The van der Waals surface area contributed by atoms with E-state index in [1.54, 1.807) is 6.92 Å². The molecule has 0 heterocycles. The van der Waals surface area contributed by atoms with Crippen LogP contribution in [0.4, 0.5) is 5.69 Å². The fourth-order valence-corrected chi connectivity index (χ4v) is 2.82. The number of benzene rings is 1. The van der Waals surface area contributed by atoms with Crippen LogP contribution in [0.3, 0.4) is 0 Å². The molecule has 0 saturated heterocycles. The summed E-state index contributed by atoms with van der Waals surface area (Å²) in [5.41, 5.74) is 2.27. The molecule has 6 heteroatoms. The second-order valence-corrected chi connectivity index (χ2v) is 7.46. The SMILES string of the molecule is CCN(CCOCC(=O)OC(C)(C)C)c1ccc(C2=C(O)C(C)=C2O)cc1. The van der Waals surface area contributed by atoms with E-state index < -0.39 is 5.60 Å².